The Labute approximate surface area is 119 Å². The van der Waals surface area contributed by atoms with E-state index in [2.05, 4.69) is 10.6 Å². The van der Waals surface area contributed by atoms with Crippen LogP contribution < -0.4 is 10.6 Å². The average Bonchev–Trinajstić information content (AvgIpc) is 2.32. The van der Waals surface area contributed by atoms with Crippen LogP contribution in [0.3, 0.4) is 0 Å². The van der Waals surface area contributed by atoms with Crippen LogP contribution in [0, 0.1) is 17.8 Å². The molecule has 4 fully saturated rings. The van der Waals surface area contributed by atoms with Crippen molar-refractivity contribution >= 4 is 12.0 Å². The zero-order valence-electron chi connectivity index (χ0n) is 11.8. The molecule has 2 amide bonds. The molecule has 0 aromatic carbocycles. The lowest BCUT2D eigenvalue weighted by atomic mass is 9.53. The standard InChI is InChI=1S/C15H23N2O3/c18-13(19)2-1-3-16-14(20)17-15-7-10-4-11(8-15)6-12(5-10)9-15/h10-12H,1-9H2,(H2,16,17,20). The molecule has 4 aliphatic rings. The number of carbonyl (C=O) groups is 2. The lowest BCUT2D eigenvalue weighted by Crippen LogP contribution is -2.61. The normalized spacial score (nSPS) is 37.7. The second-order valence-corrected chi connectivity index (χ2v) is 7.05. The van der Waals surface area contributed by atoms with Crippen molar-refractivity contribution in [3.05, 3.63) is 0 Å². The van der Waals surface area contributed by atoms with E-state index in [0.717, 1.165) is 37.0 Å². The summed E-state index contributed by atoms with van der Waals surface area (Å²) in [5, 5.41) is 16.3. The Morgan fingerprint density at radius 3 is 2.05 bits per heavy atom. The number of amides is 2. The third kappa shape index (κ3) is 2.91. The molecule has 0 atom stereocenters. The molecule has 1 radical (unpaired) electrons. The van der Waals surface area contributed by atoms with Gasteiger partial charge in [-0.3, -0.25) is 0 Å². The van der Waals surface area contributed by atoms with E-state index in [4.69, 9.17) is 0 Å². The Bertz CT molecular complexity index is 373. The smallest absolute Gasteiger partial charge is 0.338 e. The predicted molar refractivity (Wildman–Crippen MR) is 72.4 cm³/mol. The molecule has 4 aliphatic carbocycles. The molecule has 0 aliphatic heterocycles. The van der Waals surface area contributed by atoms with Crippen molar-refractivity contribution in [1.82, 2.24) is 10.6 Å². The molecule has 5 nitrogen and oxygen atoms in total. The molecular weight excluding hydrogens is 256 g/mol. The first-order valence-corrected chi connectivity index (χ1v) is 7.80. The molecular formula is C15H23N2O3. The minimum absolute atomic E-state index is 0.00234. The molecule has 111 valence electrons. The van der Waals surface area contributed by atoms with Gasteiger partial charge in [-0.2, -0.15) is 0 Å². The third-order valence-corrected chi connectivity index (χ3v) is 5.26. The first-order chi connectivity index (χ1) is 9.55. The van der Waals surface area contributed by atoms with Crippen LogP contribution in [0.15, 0.2) is 0 Å². The van der Waals surface area contributed by atoms with Gasteiger partial charge in [0.05, 0.1) is 6.42 Å². The summed E-state index contributed by atoms with van der Waals surface area (Å²) in [6.07, 6.45) is 7.88. The van der Waals surface area contributed by atoms with E-state index in [0.29, 0.717) is 13.0 Å². The highest BCUT2D eigenvalue weighted by Crippen LogP contribution is 2.55. The van der Waals surface area contributed by atoms with Crippen LogP contribution in [0.5, 0.6) is 0 Å². The first kappa shape index (κ1) is 13.7. The number of hydrogen-bond donors (Lipinski definition) is 2. The van der Waals surface area contributed by atoms with Crippen molar-refractivity contribution in [1.29, 1.82) is 0 Å². The van der Waals surface area contributed by atoms with Crippen molar-refractivity contribution in [3.8, 4) is 0 Å². The zero-order valence-corrected chi connectivity index (χ0v) is 11.8. The van der Waals surface area contributed by atoms with E-state index >= 15 is 0 Å². The van der Waals surface area contributed by atoms with Crippen molar-refractivity contribution < 1.29 is 14.7 Å². The van der Waals surface area contributed by atoms with E-state index in [1.165, 1.54) is 19.3 Å². The van der Waals surface area contributed by atoms with Gasteiger partial charge in [-0.05, 0) is 62.7 Å². The minimum atomic E-state index is -1.06. The second kappa shape index (κ2) is 5.26. The molecule has 20 heavy (non-hydrogen) atoms. The maximum atomic E-state index is 12.0. The summed E-state index contributed by atoms with van der Waals surface area (Å²) in [4.78, 5) is 22.3. The van der Waals surface area contributed by atoms with Crippen LogP contribution in [0.1, 0.15) is 51.4 Å². The van der Waals surface area contributed by atoms with Gasteiger partial charge < -0.3 is 10.6 Å². The van der Waals surface area contributed by atoms with Crippen LogP contribution >= 0.6 is 0 Å². The van der Waals surface area contributed by atoms with Gasteiger partial charge in [-0.25, -0.2) is 14.7 Å². The highest BCUT2D eigenvalue weighted by Gasteiger charge is 2.51. The van der Waals surface area contributed by atoms with Gasteiger partial charge in [0, 0.05) is 12.1 Å². The van der Waals surface area contributed by atoms with Gasteiger partial charge in [0.1, 0.15) is 0 Å². The molecule has 2 N–H and O–H groups in total. The van der Waals surface area contributed by atoms with Crippen molar-refractivity contribution in [3.63, 3.8) is 0 Å². The van der Waals surface area contributed by atoms with Crippen molar-refractivity contribution in [2.45, 2.75) is 56.9 Å². The summed E-state index contributed by atoms with van der Waals surface area (Å²) >= 11 is 0. The molecule has 4 saturated carbocycles. The van der Waals surface area contributed by atoms with Crippen LogP contribution in [-0.2, 0) is 9.90 Å². The number of urea groups is 1. The second-order valence-electron chi connectivity index (χ2n) is 7.05. The average molecular weight is 279 g/mol. The fourth-order valence-electron chi connectivity index (χ4n) is 4.98. The highest BCUT2D eigenvalue weighted by molar-refractivity contribution is 5.75. The summed E-state index contributed by atoms with van der Waals surface area (Å²) in [6, 6.07) is -0.134. The molecule has 0 unspecified atom stereocenters. The minimum Gasteiger partial charge on any atom is -0.338 e. The number of hydrogen-bond acceptors (Lipinski definition) is 2. The van der Waals surface area contributed by atoms with Gasteiger partial charge >= 0.3 is 12.0 Å². The van der Waals surface area contributed by atoms with Crippen molar-refractivity contribution in [2.75, 3.05) is 6.54 Å². The maximum Gasteiger partial charge on any atom is 0.355 e. The Balaban J connectivity index is 1.47. The van der Waals surface area contributed by atoms with E-state index in [1.807, 2.05) is 0 Å². The van der Waals surface area contributed by atoms with Gasteiger partial charge in [0.15, 0.2) is 0 Å². The topological polar surface area (TPSA) is 78.1 Å². The fraction of sp³-hybridized carbons (Fsp3) is 0.867. The Kier molecular flexibility index (Phi) is 3.61. The number of rotatable bonds is 5. The molecule has 5 heteroatoms. The van der Waals surface area contributed by atoms with Gasteiger partial charge in [-0.15, -0.1) is 0 Å². The van der Waals surface area contributed by atoms with Crippen LogP contribution in [0.25, 0.3) is 0 Å². The van der Waals surface area contributed by atoms with Crippen LogP contribution in [0.4, 0.5) is 4.79 Å². The Morgan fingerprint density at radius 1 is 1.00 bits per heavy atom. The molecule has 4 bridgehead atoms. The van der Waals surface area contributed by atoms with Gasteiger partial charge in [0.2, 0.25) is 0 Å². The van der Waals surface area contributed by atoms with E-state index < -0.39 is 5.97 Å². The molecule has 0 aromatic heterocycles. The van der Waals surface area contributed by atoms with E-state index in [1.54, 1.807) is 0 Å². The third-order valence-electron chi connectivity index (χ3n) is 5.26. The zero-order chi connectivity index (χ0) is 14.2. The largest absolute Gasteiger partial charge is 0.355 e. The van der Waals surface area contributed by atoms with Gasteiger partial charge in [0.25, 0.3) is 0 Å². The molecule has 0 aromatic rings. The van der Waals surface area contributed by atoms with E-state index in [-0.39, 0.29) is 18.0 Å². The Hall–Kier alpha value is -1.26. The maximum absolute atomic E-state index is 12.0. The fourth-order valence-corrected chi connectivity index (χ4v) is 4.98. The first-order valence-electron chi connectivity index (χ1n) is 7.80. The highest BCUT2D eigenvalue weighted by atomic mass is 16.4. The Morgan fingerprint density at radius 2 is 1.55 bits per heavy atom. The quantitative estimate of drug-likeness (QED) is 0.755. The SMILES string of the molecule is [O]C(=O)CCCNC(=O)NC12CC3CC(CC(C3)C1)C2. The van der Waals surface area contributed by atoms with Gasteiger partial charge in [-0.1, -0.05) is 0 Å². The molecule has 0 saturated heterocycles. The molecule has 4 rings (SSSR count). The molecule has 0 heterocycles. The number of nitrogens with one attached hydrogen (secondary N) is 2. The summed E-state index contributed by atoms with van der Waals surface area (Å²) < 4.78 is 0. The van der Waals surface area contributed by atoms with Crippen molar-refractivity contribution in [2.24, 2.45) is 17.8 Å². The summed E-state index contributed by atoms with van der Waals surface area (Å²) in [6.45, 7) is 0.395. The molecule has 0 spiro atoms. The lowest BCUT2D eigenvalue weighted by molar-refractivity contribution is -0.143. The van der Waals surface area contributed by atoms with E-state index in [9.17, 15) is 14.7 Å². The van der Waals surface area contributed by atoms with Crippen LogP contribution in [-0.4, -0.2) is 24.1 Å². The van der Waals surface area contributed by atoms with Crippen LogP contribution in [0.2, 0.25) is 0 Å². The number of carbonyl (C=O) groups excluding carboxylic acids is 2. The monoisotopic (exact) mass is 279 g/mol. The summed E-state index contributed by atoms with van der Waals surface area (Å²) in [5.41, 5.74) is 0.0210. The lowest BCUT2D eigenvalue weighted by Gasteiger charge is -2.56. The summed E-state index contributed by atoms with van der Waals surface area (Å²) in [5.74, 6) is 1.35. The summed E-state index contributed by atoms with van der Waals surface area (Å²) in [7, 11) is 0. The predicted octanol–water partition coefficient (Wildman–Crippen LogP) is 1.99.